The van der Waals surface area contributed by atoms with Crippen LogP contribution in [-0.2, 0) is 23.2 Å². The van der Waals surface area contributed by atoms with Crippen LogP contribution in [0.15, 0.2) is 60.8 Å². The van der Waals surface area contributed by atoms with Crippen molar-refractivity contribution in [2.75, 3.05) is 19.1 Å². The Bertz CT molecular complexity index is 1440. The number of fused-ring (bicyclic) bond motifs is 1. The molecule has 0 saturated heterocycles. The molecule has 1 N–H and O–H groups in total. The molecule has 0 bridgehead atoms. The normalized spacial score (nSPS) is 12.3. The maximum Gasteiger partial charge on any atom is 0.249 e. The first kappa shape index (κ1) is 26.7. The molecule has 0 saturated carbocycles. The summed E-state index contributed by atoms with van der Waals surface area (Å²) >= 11 is 0. The van der Waals surface area contributed by atoms with E-state index in [0.29, 0.717) is 40.3 Å². The monoisotopic (exact) mass is 518 g/mol. The molecule has 0 aliphatic rings. The number of nitrogens with zero attached hydrogens (tertiary/aromatic N) is 5. The van der Waals surface area contributed by atoms with E-state index in [-0.39, 0.29) is 18.4 Å². The predicted molar refractivity (Wildman–Crippen MR) is 145 cm³/mol. The zero-order valence-corrected chi connectivity index (χ0v) is 22.6. The summed E-state index contributed by atoms with van der Waals surface area (Å²) in [6, 6.07) is 15.2. The van der Waals surface area contributed by atoms with E-state index in [1.807, 2.05) is 75.0 Å². The van der Waals surface area contributed by atoms with Crippen molar-refractivity contribution in [2.45, 2.75) is 45.3 Å². The average molecular weight is 519 g/mol. The molecule has 0 radical (unpaired) electrons. The summed E-state index contributed by atoms with van der Waals surface area (Å²) in [4.78, 5) is 29.8. The molecule has 4 rings (SSSR count). The number of anilines is 1. The Kier molecular flexibility index (Phi) is 7.70. The van der Waals surface area contributed by atoms with Crippen molar-refractivity contribution >= 4 is 28.5 Å². The number of hydrogen-bond donors (Lipinski definition) is 1. The number of aromatic nitrogens is 4. The number of nitrogens with one attached hydrogen (secondary N) is 1. The van der Waals surface area contributed by atoms with Crippen molar-refractivity contribution in [1.29, 1.82) is 0 Å². The van der Waals surface area contributed by atoms with Crippen molar-refractivity contribution in [3.63, 3.8) is 0 Å². The minimum atomic E-state index is -1.01. The van der Waals surface area contributed by atoms with Gasteiger partial charge in [0.25, 0.3) is 0 Å². The summed E-state index contributed by atoms with van der Waals surface area (Å²) in [5.41, 5.74) is 1.93. The summed E-state index contributed by atoms with van der Waals surface area (Å²) in [5, 5.41) is 11.5. The van der Waals surface area contributed by atoms with Crippen LogP contribution in [0.3, 0.4) is 0 Å². The molecule has 2 aromatic carbocycles. The van der Waals surface area contributed by atoms with Gasteiger partial charge in [-0.3, -0.25) is 14.5 Å². The molecule has 2 amide bonds. The predicted octanol–water partition coefficient (Wildman–Crippen LogP) is 3.87. The molecule has 0 unspecified atom stereocenters. The largest absolute Gasteiger partial charge is 0.497 e. The number of aryl methyl sites for hydroxylation is 1. The van der Waals surface area contributed by atoms with Gasteiger partial charge in [-0.25, -0.2) is 4.68 Å². The van der Waals surface area contributed by atoms with E-state index in [1.54, 1.807) is 25.3 Å². The smallest absolute Gasteiger partial charge is 0.249 e. The fourth-order valence-electron chi connectivity index (χ4n) is 4.27. The van der Waals surface area contributed by atoms with E-state index in [1.165, 1.54) is 16.7 Å². The number of ether oxygens (including phenoxy) is 2. The Morgan fingerprint density at radius 3 is 2.50 bits per heavy atom. The number of carbonyl (C=O) groups is 2. The fraction of sp³-hybridized carbons (Fsp3) is 0.357. The Labute approximate surface area is 222 Å². The average Bonchev–Trinajstić information content (AvgIpc) is 3.52. The van der Waals surface area contributed by atoms with Crippen molar-refractivity contribution in [2.24, 2.45) is 7.05 Å². The van der Waals surface area contributed by atoms with Gasteiger partial charge in [0.15, 0.2) is 6.04 Å². The van der Waals surface area contributed by atoms with Crippen LogP contribution >= 0.6 is 0 Å². The van der Waals surface area contributed by atoms with E-state index in [2.05, 4.69) is 15.6 Å². The molecule has 4 aromatic rings. The van der Waals surface area contributed by atoms with Gasteiger partial charge in [-0.1, -0.05) is 24.3 Å². The highest BCUT2D eigenvalue weighted by Gasteiger charge is 2.38. The molecule has 10 heteroatoms. The van der Waals surface area contributed by atoms with Crippen molar-refractivity contribution in [1.82, 2.24) is 24.9 Å². The van der Waals surface area contributed by atoms with Crippen LogP contribution in [0.5, 0.6) is 11.5 Å². The molecule has 0 aliphatic carbocycles. The second-order valence-electron chi connectivity index (χ2n) is 9.71. The third kappa shape index (κ3) is 5.34. The summed E-state index contributed by atoms with van der Waals surface area (Å²) in [6.07, 6.45) is 2.55. The second kappa shape index (κ2) is 11.0. The van der Waals surface area contributed by atoms with Crippen molar-refractivity contribution < 1.29 is 19.1 Å². The van der Waals surface area contributed by atoms with Crippen LogP contribution in [0.1, 0.15) is 38.9 Å². The molecule has 0 spiro atoms. The summed E-state index contributed by atoms with van der Waals surface area (Å²) in [6.45, 7) is 5.76. The minimum Gasteiger partial charge on any atom is -0.497 e. The molecule has 0 aliphatic heterocycles. The highest BCUT2D eigenvalue weighted by atomic mass is 16.5. The standard InChI is InChI=1S/C28H34N6O4/c1-7-28(2,3)29-27(36)26(22-13-10-16-32(22)4)34(23-17-19(37-5)14-15-24(23)38-6)25(35)18-33-21-12-9-8-11-20(21)30-31-33/h8-17,26H,7,18H2,1-6H3,(H,29,36)/t26-/m0/s1. The number of rotatable bonds is 10. The Hall–Kier alpha value is -4.34. The lowest BCUT2D eigenvalue weighted by atomic mass is 10.00. The van der Waals surface area contributed by atoms with E-state index in [9.17, 15) is 9.59 Å². The van der Waals surface area contributed by atoms with Crippen molar-refractivity contribution in [3.8, 4) is 11.5 Å². The van der Waals surface area contributed by atoms with Crippen LogP contribution in [0.25, 0.3) is 11.0 Å². The number of amides is 2. The third-order valence-electron chi connectivity index (χ3n) is 6.74. The Morgan fingerprint density at radius 1 is 1.08 bits per heavy atom. The molecule has 2 aromatic heterocycles. The summed E-state index contributed by atoms with van der Waals surface area (Å²) in [5.74, 6) is 0.247. The fourth-order valence-corrected chi connectivity index (χ4v) is 4.27. The number of methoxy groups -OCH3 is 2. The summed E-state index contributed by atoms with van der Waals surface area (Å²) in [7, 11) is 4.91. The van der Waals surface area contributed by atoms with Gasteiger partial charge >= 0.3 is 0 Å². The van der Waals surface area contributed by atoms with E-state index in [4.69, 9.17) is 9.47 Å². The van der Waals surface area contributed by atoms with Gasteiger partial charge in [0.05, 0.1) is 31.1 Å². The number of hydrogen-bond acceptors (Lipinski definition) is 6. The number of carbonyl (C=O) groups excluding carboxylic acids is 2. The zero-order chi connectivity index (χ0) is 27.4. The molecule has 200 valence electrons. The molecule has 2 heterocycles. The maximum absolute atomic E-state index is 14.3. The molecule has 10 nitrogen and oxygen atoms in total. The quantitative estimate of drug-likeness (QED) is 0.342. The van der Waals surface area contributed by atoms with Gasteiger partial charge < -0.3 is 19.4 Å². The van der Waals surface area contributed by atoms with Crippen LogP contribution in [0, 0.1) is 0 Å². The van der Waals surface area contributed by atoms with Crippen molar-refractivity contribution in [3.05, 3.63) is 66.5 Å². The van der Waals surface area contributed by atoms with Gasteiger partial charge in [0.1, 0.15) is 23.6 Å². The van der Waals surface area contributed by atoms with Crippen LogP contribution in [-0.4, -0.2) is 51.1 Å². The molecule has 1 atom stereocenters. The van der Waals surface area contributed by atoms with Gasteiger partial charge in [-0.2, -0.15) is 0 Å². The molecule has 0 fully saturated rings. The van der Waals surface area contributed by atoms with Crippen LogP contribution in [0.2, 0.25) is 0 Å². The maximum atomic E-state index is 14.3. The van der Waals surface area contributed by atoms with Gasteiger partial charge in [-0.05, 0) is 56.7 Å². The van der Waals surface area contributed by atoms with E-state index in [0.717, 1.165) is 0 Å². The Morgan fingerprint density at radius 2 is 1.84 bits per heavy atom. The zero-order valence-electron chi connectivity index (χ0n) is 22.6. The highest BCUT2D eigenvalue weighted by molar-refractivity contribution is 6.02. The molecular weight excluding hydrogens is 484 g/mol. The first-order valence-electron chi connectivity index (χ1n) is 12.4. The van der Waals surface area contributed by atoms with Gasteiger partial charge in [-0.15, -0.1) is 5.10 Å². The first-order chi connectivity index (χ1) is 18.2. The Balaban J connectivity index is 1.89. The first-order valence-corrected chi connectivity index (χ1v) is 12.4. The van der Waals surface area contributed by atoms with Crippen LogP contribution in [0.4, 0.5) is 5.69 Å². The molecular formula is C28H34N6O4. The van der Waals surface area contributed by atoms with Crippen LogP contribution < -0.4 is 19.7 Å². The van der Waals surface area contributed by atoms with E-state index >= 15 is 0 Å². The number of benzene rings is 2. The lowest BCUT2D eigenvalue weighted by molar-refractivity contribution is -0.128. The topological polar surface area (TPSA) is 104 Å². The minimum absolute atomic E-state index is 0.147. The second-order valence-corrected chi connectivity index (χ2v) is 9.71. The van der Waals surface area contributed by atoms with Gasteiger partial charge in [0, 0.05) is 24.8 Å². The highest BCUT2D eigenvalue weighted by Crippen LogP contribution is 2.38. The lowest BCUT2D eigenvalue weighted by Gasteiger charge is -2.35. The van der Waals surface area contributed by atoms with Gasteiger partial charge in [0.2, 0.25) is 11.8 Å². The SMILES string of the molecule is CCC(C)(C)NC(=O)[C@H](c1cccn1C)N(C(=O)Cn1nnc2ccccc21)c1cc(OC)ccc1OC. The van der Waals surface area contributed by atoms with E-state index < -0.39 is 11.6 Å². The summed E-state index contributed by atoms with van der Waals surface area (Å²) < 4.78 is 14.5. The lowest BCUT2D eigenvalue weighted by Crippen LogP contribution is -2.51. The molecule has 38 heavy (non-hydrogen) atoms. The third-order valence-corrected chi connectivity index (χ3v) is 6.74. The number of para-hydroxylation sites is 1.